The molecule has 0 spiro atoms. The average molecular weight is 575 g/mol. The van der Waals surface area contributed by atoms with E-state index in [2.05, 4.69) is 42.1 Å². The van der Waals surface area contributed by atoms with Gasteiger partial charge >= 0.3 is 5.97 Å². The zero-order valence-corrected chi connectivity index (χ0v) is 24.6. The lowest BCUT2D eigenvalue weighted by molar-refractivity contribution is -0.143. The summed E-state index contributed by atoms with van der Waals surface area (Å²) in [5, 5.41) is 14.9. The molecular formula is C33H42N4O5. The van der Waals surface area contributed by atoms with Crippen molar-refractivity contribution in [2.75, 3.05) is 26.4 Å². The van der Waals surface area contributed by atoms with Crippen molar-refractivity contribution in [1.29, 1.82) is 0 Å². The molecule has 224 valence electrons. The van der Waals surface area contributed by atoms with Crippen molar-refractivity contribution in [2.24, 2.45) is 11.8 Å². The quantitative estimate of drug-likeness (QED) is 0.393. The largest absolute Gasteiger partial charge is 0.481 e. The van der Waals surface area contributed by atoms with Crippen LogP contribution in [0, 0.1) is 11.8 Å². The highest BCUT2D eigenvalue weighted by Gasteiger charge is 2.47. The number of hydrogen-bond acceptors (Lipinski definition) is 6. The Bertz CT molecular complexity index is 1320. The molecule has 1 aromatic heterocycles. The second-order valence-electron chi connectivity index (χ2n) is 11.5. The Morgan fingerprint density at radius 1 is 1.19 bits per heavy atom. The SMILES string of the molecule is CCCCN(C(=O)CN1C[C@H](c2ccc3c(c2)OCO3)[C@@H](C(=O)O)[C@@H]1CCn1cccn1)C1=C/CCC(C)/C=C/C=C\1. The lowest BCUT2D eigenvalue weighted by Gasteiger charge is -2.30. The van der Waals surface area contributed by atoms with Gasteiger partial charge in [0.25, 0.3) is 0 Å². The molecule has 1 fully saturated rings. The fourth-order valence-electron chi connectivity index (χ4n) is 6.27. The molecule has 9 nitrogen and oxygen atoms in total. The van der Waals surface area contributed by atoms with Crippen molar-refractivity contribution in [1.82, 2.24) is 19.6 Å². The third-order valence-electron chi connectivity index (χ3n) is 8.55. The van der Waals surface area contributed by atoms with E-state index in [0.717, 1.165) is 36.9 Å². The van der Waals surface area contributed by atoms with Gasteiger partial charge in [0, 0.05) is 49.7 Å². The van der Waals surface area contributed by atoms with Crippen molar-refractivity contribution in [3.63, 3.8) is 0 Å². The van der Waals surface area contributed by atoms with E-state index in [0.29, 0.717) is 43.5 Å². The van der Waals surface area contributed by atoms with Crippen LogP contribution in [0.25, 0.3) is 0 Å². The molecule has 1 saturated heterocycles. The van der Waals surface area contributed by atoms with Crippen LogP contribution in [-0.2, 0) is 16.1 Å². The first-order valence-corrected chi connectivity index (χ1v) is 15.1. The van der Waals surface area contributed by atoms with Gasteiger partial charge in [0.05, 0.1) is 12.5 Å². The van der Waals surface area contributed by atoms with Crippen LogP contribution in [-0.4, -0.2) is 69.0 Å². The highest BCUT2D eigenvalue weighted by molar-refractivity contribution is 5.81. The number of benzene rings is 1. The summed E-state index contributed by atoms with van der Waals surface area (Å²) in [7, 11) is 0. The smallest absolute Gasteiger partial charge is 0.308 e. The molecule has 0 bridgehead atoms. The van der Waals surface area contributed by atoms with Crippen LogP contribution in [0.1, 0.15) is 57.4 Å². The Hall–Kier alpha value is -3.85. The van der Waals surface area contributed by atoms with Gasteiger partial charge < -0.3 is 19.5 Å². The van der Waals surface area contributed by atoms with Crippen LogP contribution in [0.4, 0.5) is 0 Å². The van der Waals surface area contributed by atoms with Gasteiger partial charge in [-0.1, -0.05) is 50.6 Å². The number of amides is 1. The molecule has 4 atom stereocenters. The molecule has 0 radical (unpaired) electrons. The topological polar surface area (TPSA) is 97.1 Å². The monoisotopic (exact) mass is 574 g/mol. The molecule has 9 heteroatoms. The van der Waals surface area contributed by atoms with Gasteiger partial charge in [0.15, 0.2) is 11.5 Å². The Kier molecular flexibility index (Phi) is 9.79. The standard InChI is InChI=1S/C33H42N4O5/c1-3-4-18-37(26-11-6-5-9-24(2)10-7-12-26)31(38)22-35-21-27(25-13-14-29-30(20-25)42-23-41-29)32(33(39)40)28(35)15-19-36-17-8-16-34-36/h5-6,8-9,11-14,16-17,20,24,27-28,32H,3-4,7,10,15,18-19,21-23H2,1-2H3,(H,39,40)/b9-5+,11-6-,26-12+/t24?,27-,28+,32-/m1/s1. The first-order valence-electron chi connectivity index (χ1n) is 15.1. The Morgan fingerprint density at radius 2 is 2.05 bits per heavy atom. The lowest BCUT2D eigenvalue weighted by atomic mass is 9.84. The number of carboxylic acids is 1. The molecule has 1 amide bonds. The number of ether oxygens (including phenoxy) is 2. The summed E-state index contributed by atoms with van der Waals surface area (Å²) in [6.45, 7) is 6.29. The van der Waals surface area contributed by atoms with Crippen LogP contribution < -0.4 is 9.47 Å². The minimum absolute atomic E-state index is 0.00445. The maximum atomic E-state index is 14.1. The predicted molar refractivity (Wildman–Crippen MR) is 160 cm³/mol. The van der Waals surface area contributed by atoms with E-state index in [9.17, 15) is 14.7 Å². The second kappa shape index (κ2) is 13.9. The van der Waals surface area contributed by atoms with Crippen molar-refractivity contribution < 1.29 is 24.2 Å². The summed E-state index contributed by atoms with van der Waals surface area (Å²) >= 11 is 0. The van der Waals surface area contributed by atoms with Gasteiger partial charge in [-0.05, 0) is 61.4 Å². The Balaban J connectivity index is 1.42. The zero-order valence-electron chi connectivity index (χ0n) is 24.6. The van der Waals surface area contributed by atoms with Gasteiger partial charge in [0.2, 0.25) is 12.7 Å². The molecular weight excluding hydrogens is 532 g/mol. The summed E-state index contributed by atoms with van der Waals surface area (Å²) < 4.78 is 12.9. The Morgan fingerprint density at radius 3 is 2.83 bits per heavy atom. The molecule has 1 aliphatic carbocycles. The minimum Gasteiger partial charge on any atom is -0.481 e. The van der Waals surface area contributed by atoms with E-state index < -0.39 is 11.9 Å². The van der Waals surface area contributed by atoms with Crippen LogP contribution in [0.3, 0.4) is 0 Å². The molecule has 1 unspecified atom stereocenters. The fourth-order valence-corrected chi connectivity index (χ4v) is 6.27. The molecule has 2 aliphatic heterocycles. The number of aliphatic carboxylic acids is 1. The van der Waals surface area contributed by atoms with Crippen LogP contribution in [0.15, 0.2) is 72.7 Å². The molecule has 1 N–H and O–H groups in total. The van der Waals surface area contributed by atoms with Crippen molar-refractivity contribution >= 4 is 11.9 Å². The fraction of sp³-hybridized carbons (Fsp3) is 0.485. The number of aryl methyl sites for hydroxylation is 1. The number of fused-ring (bicyclic) bond motifs is 1. The molecule has 2 aromatic rings. The minimum atomic E-state index is -0.858. The maximum Gasteiger partial charge on any atom is 0.308 e. The number of allylic oxidation sites excluding steroid dienone is 5. The number of hydrogen-bond donors (Lipinski definition) is 1. The predicted octanol–water partition coefficient (Wildman–Crippen LogP) is 5.23. The number of carbonyl (C=O) groups is 2. The van der Waals surface area contributed by atoms with E-state index in [4.69, 9.17) is 9.47 Å². The zero-order chi connectivity index (χ0) is 29.5. The summed E-state index contributed by atoms with van der Waals surface area (Å²) in [6, 6.07) is 7.20. The van der Waals surface area contributed by atoms with Crippen LogP contribution in [0.2, 0.25) is 0 Å². The second-order valence-corrected chi connectivity index (χ2v) is 11.5. The number of unbranched alkanes of at least 4 members (excludes halogenated alkanes) is 1. The number of carboxylic acid groups (broad SMARTS) is 1. The van der Waals surface area contributed by atoms with Gasteiger partial charge in [-0.15, -0.1) is 0 Å². The highest BCUT2D eigenvalue weighted by atomic mass is 16.7. The summed E-state index contributed by atoms with van der Waals surface area (Å²) in [4.78, 5) is 30.9. The van der Waals surface area contributed by atoms with E-state index in [-0.39, 0.29) is 31.2 Å². The van der Waals surface area contributed by atoms with E-state index in [1.807, 2.05) is 52.2 Å². The van der Waals surface area contributed by atoms with E-state index >= 15 is 0 Å². The average Bonchev–Trinajstić information content (AvgIpc) is 3.74. The molecule has 3 heterocycles. The van der Waals surface area contributed by atoms with Gasteiger partial charge in [0.1, 0.15) is 0 Å². The molecule has 3 aliphatic rings. The summed E-state index contributed by atoms with van der Waals surface area (Å²) in [6.07, 6.45) is 18.4. The van der Waals surface area contributed by atoms with Crippen LogP contribution >= 0.6 is 0 Å². The Labute approximate surface area is 248 Å². The molecule has 5 rings (SSSR count). The molecule has 1 aromatic carbocycles. The van der Waals surface area contributed by atoms with E-state index in [1.54, 1.807) is 6.20 Å². The van der Waals surface area contributed by atoms with Crippen molar-refractivity contribution in [3.05, 3.63) is 78.3 Å². The number of aromatic nitrogens is 2. The maximum absolute atomic E-state index is 14.1. The molecule has 0 saturated carbocycles. The first-order chi connectivity index (χ1) is 20.4. The number of carbonyl (C=O) groups excluding carboxylic acids is 1. The number of nitrogens with zero attached hydrogens (tertiary/aromatic N) is 4. The summed E-state index contributed by atoms with van der Waals surface area (Å²) in [5.74, 6) is -0.0730. The lowest BCUT2D eigenvalue weighted by Crippen LogP contribution is -2.44. The first kappa shape index (κ1) is 29.6. The van der Waals surface area contributed by atoms with Gasteiger partial charge in [-0.2, -0.15) is 5.10 Å². The normalized spacial score (nSPS) is 26.5. The number of rotatable bonds is 11. The summed E-state index contributed by atoms with van der Waals surface area (Å²) in [5.41, 5.74) is 1.80. The van der Waals surface area contributed by atoms with Crippen molar-refractivity contribution in [3.8, 4) is 11.5 Å². The molecule has 42 heavy (non-hydrogen) atoms. The van der Waals surface area contributed by atoms with Crippen molar-refractivity contribution in [2.45, 2.75) is 64.5 Å². The third-order valence-corrected chi connectivity index (χ3v) is 8.55. The highest BCUT2D eigenvalue weighted by Crippen LogP contribution is 2.43. The van der Waals surface area contributed by atoms with E-state index in [1.165, 1.54) is 0 Å². The van der Waals surface area contributed by atoms with Gasteiger partial charge in [-0.3, -0.25) is 19.2 Å². The third kappa shape index (κ3) is 6.95. The number of likely N-dealkylation sites (tertiary alicyclic amines) is 1. The van der Waals surface area contributed by atoms with Crippen LogP contribution in [0.5, 0.6) is 11.5 Å². The van der Waals surface area contributed by atoms with Gasteiger partial charge in [-0.25, -0.2) is 0 Å².